The minimum Gasteiger partial charge on any atom is -0.396 e. The van der Waals surface area contributed by atoms with E-state index in [1.54, 1.807) is 0 Å². The first-order valence-corrected chi connectivity index (χ1v) is 3.52. The van der Waals surface area contributed by atoms with E-state index in [0.717, 1.165) is 6.42 Å². The van der Waals surface area contributed by atoms with E-state index in [9.17, 15) is 0 Å². The van der Waals surface area contributed by atoms with Gasteiger partial charge in [-0.1, -0.05) is 32.6 Å². The molecule has 0 rings (SSSR count). The van der Waals surface area contributed by atoms with E-state index < -0.39 is 0 Å². The Bertz CT molecular complexity index is 33.9. The average Bonchev–Trinajstić information content (AvgIpc) is 1.81. The van der Waals surface area contributed by atoms with Crippen molar-refractivity contribution in [1.82, 2.24) is 0 Å². The summed E-state index contributed by atoms with van der Waals surface area (Å²) in [4.78, 5) is 0. The van der Waals surface area contributed by atoms with Crippen LogP contribution in [0, 0.1) is 0 Å². The standard InChI is InChI=1S/C7H16O.Na/c1-2-3-4-5-6-7-8;/h8H,2-7H2,1H3;. The maximum absolute atomic E-state index is 8.37. The van der Waals surface area contributed by atoms with Gasteiger partial charge in [0.05, 0.1) is 0 Å². The number of hydrogen-bond donors (Lipinski definition) is 1. The fourth-order valence-corrected chi connectivity index (χ4v) is 0.715. The predicted molar refractivity (Wildman–Crippen MR) is 41.6 cm³/mol. The fourth-order valence-electron chi connectivity index (χ4n) is 0.715. The Labute approximate surface area is 80.1 Å². The molecule has 1 nitrogen and oxygen atoms in total. The van der Waals surface area contributed by atoms with Gasteiger partial charge in [0, 0.05) is 36.2 Å². The molecule has 0 heterocycles. The minimum atomic E-state index is 0. The molecule has 0 saturated heterocycles. The first-order valence-electron chi connectivity index (χ1n) is 3.52. The molecule has 0 bridgehead atoms. The minimum absolute atomic E-state index is 0. The quantitative estimate of drug-likeness (QED) is 0.453. The molecule has 0 atom stereocenters. The Kier molecular flexibility index (Phi) is 16.4. The molecule has 0 aliphatic rings. The summed E-state index contributed by atoms with van der Waals surface area (Å²) in [6, 6.07) is 0. The van der Waals surface area contributed by atoms with Crippen LogP contribution in [0.2, 0.25) is 0 Å². The van der Waals surface area contributed by atoms with Crippen LogP contribution < -0.4 is 0 Å². The van der Waals surface area contributed by atoms with Crippen molar-refractivity contribution in [3.63, 3.8) is 0 Å². The van der Waals surface area contributed by atoms with Crippen LogP contribution in [-0.4, -0.2) is 41.3 Å². The van der Waals surface area contributed by atoms with Crippen molar-refractivity contribution >= 4 is 29.6 Å². The predicted octanol–water partition coefficient (Wildman–Crippen LogP) is 1.57. The van der Waals surface area contributed by atoms with Crippen LogP contribution in [0.3, 0.4) is 0 Å². The number of aliphatic hydroxyl groups is 1. The second-order valence-corrected chi connectivity index (χ2v) is 2.14. The third kappa shape index (κ3) is 12.2. The fraction of sp³-hybridized carbons (Fsp3) is 1.00. The summed E-state index contributed by atoms with van der Waals surface area (Å²) < 4.78 is 0. The summed E-state index contributed by atoms with van der Waals surface area (Å²) in [5, 5.41) is 8.37. The smallest absolute Gasteiger partial charge is 0.0431 e. The zero-order valence-corrected chi connectivity index (χ0v) is 8.69. The van der Waals surface area contributed by atoms with Gasteiger partial charge in [0.1, 0.15) is 0 Å². The second kappa shape index (κ2) is 11.7. The molecule has 0 aromatic heterocycles. The molecule has 0 aliphatic heterocycles. The number of aliphatic hydroxyl groups excluding tert-OH is 1. The molecule has 0 unspecified atom stereocenters. The van der Waals surface area contributed by atoms with Crippen LogP contribution in [0.5, 0.6) is 0 Å². The Morgan fingerprint density at radius 1 is 1.00 bits per heavy atom. The monoisotopic (exact) mass is 139 g/mol. The van der Waals surface area contributed by atoms with Crippen molar-refractivity contribution in [3.8, 4) is 0 Å². The summed E-state index contributed by atoms with van der Waals surface area (Å²) in [6.07, 6.45) is 6.08. The first-order chi connectivity index (χ1) is 3.91. The number of rotatable bonds is 5. The SMILES string of the molecule is CCCCCCCO.[Na]. The van der Waals surface area contributed by atoms with Crippen molar-refractivity contribution in [2.75, 3.05) is 6.61 Å². The van der Waals surface area contributed by atoms with Crippen molar-refractivity contribution in [3.05, 3.63) is 0 Å². The molecule has 51 valence electrons. The van der Waals surface area contributed by atoms with Crippen LogP contribution in [0.4, 0.5) is 0 Å². The van der Waals surface area contributed by atoms with E-state index in [1.807, 2.05) is 0 Å². The van der Waals surface area contributed by atoms with Gasteiger partial charge in [-0.2, -0.15) is 0 Å². The largest absolute Gasteiger partial charge is 0.396 e. The summed E-state index contributed by atoms with van der Waals surface area (Å²) in [7, 11) is 0. The summed E-state index contributed by atoms with van der Waals surface area (Å²) in [5.74, 6) is 0. The molecule has 0 spiro atoms. The van der Waals surface area contributed by atoms with E-state index in [-0.39, 0.29) is 29.6 Å². The van der Waals surface area contributed by atoms with Crippen LogP contribution in [-0.2, 0) is 0 Å². The zero-order valence-electron chi connectivity index (χ0n) is 6.69. The van der Waals surface area contributed by atoms with E-state index >= 15 is 0 Å². The Hall–Kier alpha value is 0.960. The topological polar surface area (TPSA) is 20.2 Å². The van der Waals surface area contributed by atoms with Crippen LogP contribution in [0.25, 0.3) is 0 Å². The van der Waals surface area contributed by atoms with Gasteiger partial charge in [-0.3, -0.25) is 0 Å². The van der Waals surface area contributed by atoms with Gasteiger partial charge in [0.2, 0.25) is 0 Å². The molecule has 2 heteroatoms. The van der Waals surface area contributed by atoms with Crippen molar-refractivity contribution in [2.24, 2.45) is 0 Å². The average molecular weight is 139 g/mol. The summed E-state index contributed by atoms with van der Waals surface area (Å²) >= 11 is 0. The Balaban J connectivity index is 0. The molecule has 9 heavy (non-hydrogen) atoms. The van der Waals surface area contributed by atoms with Gasteiger partial charge < -0.3 is 5.11 Å². The molecule has 1 N–H and O–H groups in total. The van der Waals surface area contributed by atoms with Gasteiger partial charge in [-0.25, -0.2) is 0 Å². The summed E-state index contributed by atoms with van der Waals surface area (Å²) in [5.41, 5.74) is 0. The van der Waals surface area contributed by atoms with Gasteiger partial charge >= 0.3 is 0 Å². The summed E-state index contributed by atoms with van der Waals surface area (Å²) in [6.45, 7) is 2.56. The molecule has 0 saturated carbocycles. The second-order valence-electron chi connectivity index (χ2n) is 2.14. The van der Waals surface area contributed by atoms with Gasteiger partial charge in [-0.05, 0) is 6.42 Å². The molecule has 1 radical (unpaired) electrons. The van der Waals surface area contributed by atoms with Crippen LogP contribution in [0.1, 0.15) is 39.0 Å². The molecular formula is C7H16NaO. The molecule has 0 aliphatic carbocycles. The third-order valence-electron chi connectivity index (χ3n) is 1.26. The third-order valence-corrected chi connectivity index (χ3v) is 1.26. The van der Waals surface area contributed by atoms with Gasteiger partial charge in [-0.15, -0.1) is 0 Å². The van der Waals surface area contributed by atoms with E-state index in [4.69, 9.17) is 5.11 Å². The van der Waals surface area contributed by atoms with Gasteiger partial charge in [0.25, 0.3) is 0 Å². The van der Waals surface area contributed by atoms with Crippen molar-refractivity contribution < 1.29 is 5.11 Å². The van der Waals surface area contributed by atoms with Crippen molar-refractivity contribution in [1.29, 1.82) is 0 Å². The molecule has 0 aromatic rings. The van der Waals surface area contributed by atoms with Gasteiger partial charge in [0.15, 0.2) is 0 Å². The van der Waals surface area contributed by atoms with E-state index in [0.29, 0.717) is 6.61 Å². The Morgan fingerprint density at radius 2 is 1.56 bits per heavy atom. The van der Waals surface area contributed by atoms with Crippen LogP contribution in [0.15, 0.2) is 0 Å². The maximum atomic E-state index is 8.37. The maximum Gasteiger partial charge on any atom is 0.0431 e. The molecule has 0 fully saturated rings. The Morgan fingerprint density at radius 3 is 2.00 bits per heavy atom. The van der Waals surface area contributed by atoms with E-state index in [2.05, 4.69) is 6.92 Å². The first kappa shape index (κ1) is 12.6. The number of hydrogen-bond acceptors (Lipinski definition) is 1. The number of unbranched alkanes of at least 4 members (excludes halogenated alkanes) is 4. The zero-order chi connectivity index (χ0) is 6.24. The molecule has 0 aromatic carbocycles. The molecule has 0 amide bonds. The molecular weight excluding hydrogens is 123 g/mol. The normalized spacial score (nSPS) is 8.67. The van der Waals surface area contributed by atoms with Crippen LogP contribution >= 0.6 is 0 Å². The van der Waals surface area contributed by atoms with E-state index in [1.165, 1.54) is 25.7 Å². The van der Waals surface area contributed by atoms with Crippen molar-refractivity contribution in [2.45, 2.75) is 39.0 Å².